The topological polar surface area (TPSA) is 92.7 Å². The highest BCUT2D eigenvalue weighted by Gasteiger charge is 2.33. The van der Waals surface area contributed by atoms with Gasteiger partial charge in [0.1, 0.15) is 6.04 Å². The van der Waals surface area contributed by atoms with Gasteiger partial charge in [-0.05, 0) is 31.5 Å². The number of hydrogen-bond acceptors (Lipinski definition) is 4. The van der Waals surface area contributed by atoms with Crippen LogP contribution in [0.2, 0.25) is 18.1 Å². The Labute approximate surface area is 133 Å². The van der Waals surface area contributed by atoms with Crippen molar-refractivity contribution in [1.29, 1.82) is 0 Å². The zero-order valence-corrected chi connectivity index (χ0v) is 14.9. The molecule has 0 heterocycles. The Morgan fingerprint density at radius 1 is 1.18 bits per heavy atom. The molecule has 126 valence electrons. The molecule has 7 heteroatoms. The van der Waals surface area contributed by atoms with Gasteiger partial charge in [-0.25, -0.2) is 4.79 Å². The van der Waals surface area contributed by atoms with Crippen molar-refractivity contribution >= 4 is 26.2 Å². The Morgan fingerprint density at radius 2 is 1.68 bits per heavy atom. The molecule has 1 atom stereocenters. The van der Waals surface area contributed by atoms with E-state index in [0.29, 0.717) is 0 Å². The summed E-state index contributed by atoms with van der Waals surface area (Å²) in [6, 6.07) is 1.43. The van der Waals surface area contributed by atoms with Gasteiger partial charge in [-0.15, -0.1) is 0 Å². The second kappa shape index (κ2) is 9.40. The Kier molecular flexibility index (Phi) is 8.70. The first-order chi connectivity index (χ1) is 10.2. The van der Waals surface area contributed by atoms with E-state index in [1.54, 1.807) is 0 Å². The van der Waals surface area contributed by atoms with Gasteiger partial charge in [0, 0.05) is 12.0 Å². The van der Waals surface area contributed by atoms with E-state index in [1.165, 1.54) is 6.92 Å². The van der Waals surface area contributed by atoms with Crippen LogP contribution in [-0.4, -0.2) is 37.3 Å². The summed E-state index contributed by atoms with van der Waals surface area (Å²) in [6.07, 6.45) is -0.0169. The number of amides is 1. The zero-order chi connectivity index (χ0) is 17.3. The van der Waals surface area contributed by atoms with Gasteiger partial charge < -0.3 is 14.8 Å². The van der Waals surface area contributed by atoms with Crippen molar-refractivity contribution in [3.8, 4) is 0 Å². The molecule has 0 saturated heterocycles. The van der Waals surface area contributed by atoms with Gasteiger partial charge >= 0.3 is 5.97 Å². The third kappa shape index (κ3) is 6.42. The minimum absolute atomic E-state index is 0.00874. The van der Waals surface area contributed by atoms with Crippen molar-refractivity contribution in [3.05, 3.63) is 12.2 Å². The minimum atomic E-state index is -2.03. The van der Waals surface area contributed by atoms with Crippen LogP contribution in [0.1, 0.15) is 40.5 Å². The zero-order valence-electron chi connectivity index (χ0n) is 13.9. The van der Waals surface area contributed by atoms with E-state index in [9.17, 15) is 14.4 Å². The van der Waals surface area contributed by atoms with E-state index in [2.05, 4.69) is 11.9 Å². The summed E-state index contributed by atoms with van der Waals surface area (Å²) in [5.41, 5.74) is 0.225. The lowest BCUT2D eigenvalue weighted by Gasteiger charge is -2.27. The van der Waals surface area contributed by atoms with Crippen LogP contribution < -0.4 is 5.32 Å². The molecule has 2 N–H and O–H groups in total. The summed E-state index contributed by atoms with van der Waals surface area (Å²) >= 11 is 0. The highest BCUT2D eigenvalue weighted by molar-refractivity contribution is 6.74. The largest absolute Gasteiger partial charge is 0.519 e. The Hall–Kier alpha value is -1.63. The standard InChI is InChI=1S/C15H27NO5Si/c1-6-22(7-2,8-3)21-13(17)10-9-12(15(19)20)16-14(18)11(4)5/h12H,4,6-10H2,1-3,5H3,(H,16,18)(H,19,20)/t12-/m0/s1. The van der Waals surface area contributed by atoms with E-state index in [-0.39, 0.29) is 24.4 Å². The number of carbonyl (C=O) groups is 3. The molecule has 0 rings (SSSR count). The first kappa shape index (κ1) is 20.4. The number of carboxylic acid groups (broad SMARTS) is 1. The summed E-state index contributed by atoms with van der Waals surface area (Å²) < 4.78 is 5.64. The van der Waals surface area contributed by atoms with Crippen LogP contribution in [0.4, 0.5) is 0 Å². The molecule has 0 unspecified atom stereocenters. The normalized spacial score (nSPS) is 12.4. The fourth-order valence-corrected chi connectivity index (χ4v) is 4.58. The number of aliphatic carboxylic acids is 1. The quantitative estimate of drug-likeness (QED) is 0.474. The maximum absolute atomic E-state index is 12.0. The predicted molar refractivity (Wildman–Crippen MR) is 86.9 cm³/mol. The molecule has 0 spiro atoms. The third-order valence-electron chi connectivity index (χ3n) is 3.89. The molecule has 0 aliphatic rings. The van der Waals surface area contributed by atoms with Crippen molar-refractivity contribution in [1.82, 2.24) is 5.32 Å². The Balaban J connectivity index is 4.60. The summed E-state index contributed by atoms with van der Waals surface area (Å²) in [7, 11) is -2.03. The molecule has 0 radical (unpaired) electrons. The Morgan fingerprint density at radius 3 is 2.05 bits per heavy atom. The molecule has 6 nitrogen and oxygen atoms in total. The summed E-state index contributed by atoms with van der Waals surface area (Å²) in [6.45, 7) is 11.0. The lowest BCUT2D eigenvalue weighted by Crippen LogP contribution is -2.42. The molecule has 0 saturated carbocycles. The molecular weight excluding hydrogens is 302 g/mol. The third-order valence-corrected chi connectivity index (χ3v) is 8.42. The molecule has 0 fully saturated rings. The maximum atomic E-state index is 12.0. The molecular formula is C15H27NO5Si. The second-order valence-corrected chi connectivity index (χ2v) is 10.1. The summed E-state index contributed by atoms with van der Waals surface area (Å²) in [4.78, 5) is 34.6. The molecule has 1 amide bonds. The van der Waals surface area contributed by atoms with Crippen molar-refractivity contribution in [2.45, 2.75) is 64.7 Å². The van der Waals surface area contributed by atoms with Crippen LogP contribution in [0.5, 0.6) is 0 Å². The van der Waals surface area contributed by atoms with E-state index in [4.69, 9.17) is 9.53 Å². The second-order valence-electron chi connectivity index (χ2n) is 5.40. The van der Waals surface area contributed by atoms with Gasteiger partial charge in [-0.1, -0.05) is 27.4 Å². The number of carboxylic acids is 1. The van der Waals surface area contributed by atoms with Crippen molar-refractivity contribution in [2.24, 2.45) is 0 Å². The monoisotopic (exact) mass is 329 g/mol. The van der Waals surface area contributed by atoms with Gasteiger partial charge in [-0.2, -0.15) is 0 Å². The average molecular weight is 329 g/mol. The molecule has 0 aromatic carbocycles. The van der Waals surface area contributed by atoms with Crippen molar-refractivity contribution in [3.63, 3.8) is 0 Å². The fraction of sp³-hybridized carbons (Fsp3) is 0.667. The summed E-state index contributed by atoms with van der Waals surface area (Å²) in [5.74, 6) is -2.08. The number of rotatable bonds is 10. The minimum Gasteiger partial charge on any atom is -0.519 e. The summed E-state index contributed by atoms with van der Waals surface area (Å²) in [5, 5.41) is 11.4. The molecule has 0 aromatic rings. The van der Waals surface area contributed by atoms with Gasteiger partial charge in [-0.3, -0.25) is 9.59 Å². The molecule has 22 heavy (non-hydrogen) atoms. The van der Waals surface area contributed by atoms with Gasteiger partial charge in [0.2, 0.25) is 5.91 Å². The van der Waals surface area contributed by atoms with E-state index in [0.717, 1.165) is 18.1 Å². The molecule has 0 bridgehead atoms. The van der Waals surface area contributed by atoms with E-state index >= 15 is 0 Å². The van der Waals surface area contributed by atoms with Crippen molar-refractivity contribution in [2.75, 3.05) is 0 Å². The highest BCUT2D eigenvalue weighted by atomic mass is 28.4. The van der Waals surface area contributed by atoms with E-state index in [1.807, 2.05) is 20.8 Å². The molecule has 0 aliphatic carbocycles. The Bertz CT molecular complexity index is 423. The highest BCUT2D eigenvalue weighted by Crippen LogP contribution is 2.22. The van der Waals surface area contributed by atoms with Gasteiger partial charge in [0.25, 0.3) is 14.3 Å². The number of nitrogens with one attached hydrogen (secondary N) is 1. The van der Waals surface area contributed by atoms with E-state index < -0.39 is 26.2 Å². The van der Waals surface area contributed by atoms with Crippen LogP contribution in [0, 0.1) is 0 Å². The lowest BCUT2D eigenvalue weighted by atomic mass is 10.1. The van der Waals surface area contributed by atoms with Crippen LogP contribution in [0.25, 0.3) is 0 Å². The van der Waals surface area contributed by atoms with Crippen LogP contribution in [0.15, 0.2) is 12.2 Å². The van der Waals surface area contributed by atoms with Gasteiger partial charge in [0.15, 0.2) is 0 Å². The first-order valence-electron chi connectivity index (χ1n) is 7.62. The maximum Gasteiger partial charge on any atom is 0.326 e. The van der Waals surface area contributed by atoms with Crippen LogP contribution in [-0.2, 0) is 18.8 Å². The predicted octanol–water partition coefficient (Wildman–Crippen LogP) is 2.46. The van der Waals surface area contributed by atoms with Gasteiger partial charge in [0.05, 0.1) is 0 Å². The smallest absolute Gasteiger partial charge is 0.326 e. The average Bonchev–Trinajstić information content (AvgIpc) is 2.48. The number of hydrogen-bond donors (Lipinski definition) is 2. The molecule has 0 aromatic heterocycles. The first-order valence-corrected chi connectivity index (χ1v) is 10.1. The van der Waals surface area contributed by atoms with Crippen LogP contribution >= 0.6 is 0 Å². The fourth-order valence-electron chi connectivity index (χ4n) is 2.06. The van der Waals surface area contributed by atoms with Crippen LogP contribution in [0.3, 0.4) is 0 Å². The number of carbonyl (C=O) groups excluding carboxylic acids is 2. The lowest BCUT2D eigenvalue weighted by molar-refractivity contribution is -0.142. The molecule has 0 aliphatic heterocycles. The van der Waals surface area contributed by atoms with Crippen molar-refractivity contribution < 1.29 is 23.9 Å². The SMILES string of the molecule is C=C(C)C(=O)N[C@@H](CCC(=O)O[Si](CC)(CC)CC)C(=O)O.